The van der Waals surface area contributed by atoms with Gasteiger partial charge in [0, 0.05) is 28.8 Å². The SMILES string of the molecule is Fc1cc(F)cc(-c2nc(Sc3ccnc4cc(F)cnc34)n[nH]2)c1. The van der Waals surface area contributed by atoms with E-state index < -0.39 is 17.5 Å². The van der Waals surface area contributed by atoms with Gasteiger partial charge in [-0.15, -0.1) is 5.10 Å². The number of H-pyrrole nitrogens is 1. The number of pyridine rings is 2. The van der Waals surface area contributed by atoms with Crippen molar-refractivity contribution < 1.29 is 13.2 Å². The minimum absolute atomic E-state index is 0.235. The van der Waals surface area contributed by atoms with Crippen molar-refractivity contribution in [2.75, 3.05) is 0 Å². The van der Waals surface area contributed by atoms with Crippen molar-refractivity contribution in [3.8, 4) is 11.4 Å². The monoisotopic (exact) mass is 359 g/mol. The summed E-state index contributed by atoms with van der Waals surface area (Å²) < 4.78 is 39.9. The minimum Gasteiger partial charge on any atom is -0.258 e. The molecular formula is C16H8F3N5S. The second kappa shape index (κ2) is 6.17. The Kier molecular flexibility index (Phi) is 3.85. The average Bonchev–Trinajstić information content (AvgIpc) is 3.02. The highest BCUT2D eigenvalue weighted by Crippen LogP contribution is 2.30. The van der Waals surface area contributed by atoms with E-state index in [4.69, 9.17) is 0 Å². The molecule has 0 fully saturated rings. The number of hydrogen-bond acceptors (Lipinski definition) is 5. The Morgan fingerprint density at radius 1 is 0.920 bits per heavy atom. The van der Waals surface area contributed by atoms with Gasteiger partial charge in [0.1, 0.15) is 23.0 Å². The van der Waals surface area contributed by atoms with Crippen LogP contribution in [0, 0.1) is 17.5 Å². The van der Waals surface area contributed by atoms with E-state index in [2.05, 4.69) is 25.1 Å². The second-order valence-corrected chi connectivity index (χ2v) is 6.07. The maximum atomic E-state index is 13.3. The average molecular weight is 359 g/mol. The van der Waals surface area contributed by atoms with Crippen LogP contribution in [0.15, 0.2) is 52.8 Å². The number of benzene rings is 1. The van der Waals surface area contributed by atoms with E-state index in [1.807, 2.05) is 0 Å². The first-order valence-corrected chi connectivity index (χ1v) is 7.87. The molecule has 0 amide bonds. The summed E-state index contributed by atoms with van der Waals surface area (Å²) in [6.07, 6.45) is 2.63. The first-order chi connectivity index (χ1) is 12.1. The summed E-state index contributed by atoms with van der Waals surface area (Å²) in [7, 11) is 0. The number of nitrogens with zero attached hydrogens (tertiary/aromatic N) is 4. The molecule has 4 aromatic rings. The summed E-state index contributed by atoms with van der Waals surface area (Å²) in [6, 6.07) is 6.08. The molecule has 3 aromatic heterocycles. The Balaban J connectivity index is 1.68. The molecule has 0 saturated carbocycles. The van der Waals surface area contributed by atoms with E-state index in [1.54, 1.807) is 6.07 Å². The van der Waals surface area contributed by atoms with Crippen LogP contribution in [0.5, 0.6) is 0 Å². The molecule has 25 heavy (non-hydrogen) atoms. The molecule has 0 atom stereocenters. The lowest BCUT2D eigenvalue weighted by Gasteiger charge is -2.02. The molecule has 0 saturated heterocycles. The number of rotatable bonds is 3. The third-order valence-electron chi connectivity index (χ3n) is 3.31. The molecule has 0 aliphatic carbocycles. The smallest absolute Gasteiger partial charge is 0.213 e. The van der Waals surface area contributed by atoms with Gasteiger partial charge in [0.2, 0.25) is 5.16 Å². The zero-order valence-electron chi connectivity index (χ0n) is 12.4. The van der Waals surface area contributed by atoms with Crippen LogP contribution in [0.1, 0.15) is 0 Å². The molecule has 0 radical (unpaired) electrons. The van der Waals surface area contributed by atoms with Gasteiger partial charge in [-0.2, -0.15) is 0 Å². The molecule has 4 rings (SSSR count). The van der Waals surface area contributed by atoms with Crippen LogP contribution in [0.25, 0.3) is 22.4 Å². The number of hydrogen-bond donors (Lipinski definition) is 1. The zero-order chi connectivity index (χ0) is 17.4. The van der Waals surface area contributed by atoms with Crippen LogP contribution in [0.2, 0.25) is 0 Å². The highest BCUT2D eigenvalue weighted by Gasteiger charge is 2.12. The van der Waals surface area contributed by atoms with Crippen LogP contribution in [-0.4, -0.2) is 25.1 Å². The molecule has 1 aromatic carbocycles. The van der Waals surface area contributed by atoms with Gasteiger partial charge in [-0.3, -0.25) is 15.1 Å². The van der Waals surface area contributed by atoms with E-state index in [1.165, 1.54) is 24.0 Å². The second-order valence-electron chi connectivity index (χ2n) is 5.06. The minimum atomic E-state index is -0.702. The standard InChI is InChI=1S/C16H8F3N5S/c17-9-3-8(4-10(18)5-9)15-22-16(24-23-15)25-13-1-2-20-12-6-11(19)7-21-14(12)13/h1-7H,(H,22,23,24). The Hall–Kier alpha value is -2.94. The summed E-state index contributed by atoms with van der Waals surface area (Å²) in [5, 5.41) is 7.01. The van der Waals surface area contributed by atoms with Crippen molar-refractivity contribution in [1.29, 1.82) is 0 Å². The third kappa shape index (κ3) is 3.18. The molecule has 0 aliphatic heterocycles. The molecule has 1 N–H and O–H groups in total. The largest absolute Gasteiger partial charge is 0.258 e. The zero-order valence-corrected chi connectivity index (χ0v) is 13.2. The normalized spacial score (nSPS) is 11.2. The van der Waals surface area contributed by atoms with Gasteiger partial charge in [-0.05, 0) is 30.0 Å². The van der Waals surface area contributed by atoms with Gasteiger partial charge in [0.25, 0.3) is 0 Å². The lowest BCUT2D eigenvalue weighted by atomic mass is 10.2. The van der Waals surface area contributed by atoms with Gasteiger partial charge in [0.15, 0.2) is 5.82 Å². The maximum absolute atomic E-state index is 13.3. The molecule has 9 heteroatoms. The van der Waals surface area contributed by atoms with E-state index in [9.17, 15) is 13.2 Å². The van der Waals surface area contributed by atoms with Gasteiger partial charge >= 0.3 is 0 Å². The number of aromatic amines is 1. The molecule has 0 spiro atoms. The first-order valence-electron chi connectivity index (χ1n) is 7.05. The number of halogens is 3. The fourth-order valence-electron chi connectivity index (χ4n) is 2.27. The molecule has 0 aliphatic rings. The topological polar surface area (TPSA) is 67.3 Å². The van der Waals surface area contributed by atoms with Gasteiger partial charge in [-0.25, -0.2) is 18.2 Å². The quantitative estimate of drug-likeness (QED) is 0.599. The van der Waals surface area contributed by atoms with Crippen LogP contribution in [-0.2, 0) is 0 Å². The van der Waals surface area contributed by atoms with Crippen LogP contribution in [0.3, 0.4) is 0 Å². The summed E-state index contributed by atoms with van der Waals surface area (Å²) in [5.74, 6) is -1.65. The van der Waals surface area contributed by atoms with E-state index in [0.717, 1.165) is 24.4 Å². The summed E-state index contributed by atoms with van der Waals surface area (Å²) >= 11 is 1.18. The summed E-state index contributed by atoms with van der Waals surface area (Å²) in [4.78, 5) is 13.0. The van der Waals surface area contributed by atoms with Gasteiger partial charge in [-0.1, -0.05) is 0 Å². The van der Waals surface area contributed by atoms with E-state index in [-0.39, 0.29) is 11.4 Å². The number of aromatic nitrogens is 5. The van der Waals surface area contributed by atoms with E-state index in [0.29, 0.717) is 21.1 Å². The first kappa shape index (κ1) is 15.6. The van der Waals surface area contributed by atoms with Crippen molar-refractivity contribution in [3.05, 3.63) is 60.2 Å². The Morgan fingerprint density at radius 3 is 2.52 bits per heavy atom. The molecule has 0 bridgehead atoms. The number of nitrogens with one attached hydrogen (secondary N) is 1. The summed E-state index contributed by atoms with van der Waals surface area (Å²) in [6.45, 7) is 0. The van der Waals surface area contributed by atoms with Crippen molar-refractivity contribution in [1.82, 2.24) is 25.1 Å². The van der Waals surface area contributed by atoms with Crippen molar-refractivity contribution >= 4 is 22.8 Å². The third-order valence-corrected chi connectivity index (χ3v) is 4.22. The van der Waals surface area contributed by atoms with Crippen LogP contribution >= 0.6 is 11.8 Å². The lowest BCUT2D eigenvalue weighted by Crippen LogP contribution is -1.88. The predicted octanol–water partition coefficient (Wildman–Crippen LogP) is 3.98. The highest BCUT2D eigenvalue weighted by molar-refractivity contribution is 7.99. The van der Waals surface area contributed by atoms with Gasteiger partial charge in [0.05, 0.1) is 11.7 Å². The molecule has 3 heterocycles. The lowest BCUT2D eigenvalue weighted by molar-refractivity contribution is 0.584. The number of fused-ring (bicyclic) bond motifs is 1. The predicted molar refractivity (Wildman–Crippen MR) is 85.4 cm³/mol. The van der Waals surface area contributed by atoms with Crippen molar-refractivity contribution in [3.63, 3.8) is 0 Å². The van der Waals surface area contributed by atoms with Crippen molar-refractivity contribution in [2.24, 2.45) is 0 Å². The molecule has 124 valence electrons. The fourth-order valence-corrected chi connectivity index (χ4v) is 3.08. The molecule has 5 nitrogen and oxygen atoms in total. The Morgan fingerprint density at radius 2 is 1.72 bits per heavy atom. The maximum Gasteiger partial charge on any atom is 0.213 e. The highest BCUT2D eigenvalue weighted by atomic mass is 32.2. The molecule has 0 unspecified atom stereocenters. The van der Waals surface area contributed by atoms with Crippen LogP contribution in [0.4, 0.5) is 13.2 Å². The summed E-state index contributed by atoms with van der Waals surface area (Å²) in [5.41, 5.74) is 1.17. The molecular weight excluding hydrogens is 351 g/mol. The van der Waals surface area contributed by atoms with E-state index >= 15 is 0 Å². The fraction of sp³-hybridized carbons (Fsp3) is 0. The van der Waals surface area contributed by atoms with Crippen LogP contribution < -0.4 is 0 Å². The Labute approximate surface area is 143 Å². The van der Waals surface area contributed by atoms with Gasteiger partial charge < -0.3 is 0 Å². The Bertz CT molecular complexity index is 1060. The van der Waals surface area contributed by atoms with Crippen molar-refractivity contribution in [2.45, 2.75) is 10.1 Å².